The van der Waals surface area contributed by atoms with Gasteiger partial charge in [0.25, 0.3) is 0 Å². The smallest absolute Gasteiger partial charge is 0.227 e. The number of benzene rings is 1. The van der Waals surface area contributed by atoms with E-state index in [-0.39, 0.29) is 11.8 Å². The van der Waals surface area contributed by atoms with Crippen LogP contribution >= 0.6 is 0 Å². The molecule has 1 heterocycles. The van der Waals surface area contributed by atoms with E-state index in [1.807, 2.05) is 32.0 Å². The number of anilines is 1. The maximum Gasteiger partial charge on any atom is 0.227 e. The van der Waals surface area contributed by atoms with Gasteiger partial charge in [-0.2, -0.15) is 0 Å². The number of carbonyl (C=O) groups excluding carboxylic acids is 1. The molecular formula is C17H26N2O3. The molecule has 1 saturated heterocycles. The highest BCUT2D eigenvalue weighted by Gasteiger charge is 2.25. The van der Waals surface area contributed by atoms with Crippen LogP contribution in [0.25, 0.3) is 0 Å². The Kier molecular flexibility index (Phi) is 6.07. The van der Waals surface area contributed by atoms with Crippen molar-refractivity contribution in [1.29, 1.82) is 0 Å². The maximum atomic E-state index is 12.5. The molecule has 0 radical (unpaired) electrons. The number of piperidine rings is 1. The summed E-state index contributed by atoms with van der Waals surface area (Å²) in [6, 6.07) is 5.91. The van der Waals surface area contributed by atoms with E-state index >= 15 is 0 Å². The molecule has 1 fully saturated rings. The van der Waals surface area contributed by atoms with Crippen molar-refractivity contribution in [3.63, 3.8) is 0 Å². The highest BCUT2D eigenvalue weighted by atomic mass is 16.5. The molecule has 0 spiro atoms. The van der Waals surface area contributed by atoms with Crippen molar-refractivity contribution in [3.05, 3.63) is 18.2 Å². The number of hydrogen-bond acceptors (Lipinski definition) is 4. The molecule has 2 rings (SSSR count). The van der Waals surface area contributed by atoms with Crippen molar-refractivity contribution < 1.29 is 14.3 Å². The van der Waals surface area contributed by atoms with Gasteiger partial charge < -0.3 is 20.1 Å². The van der Waals surface area contributed by atoms with Crippen molar-refractivity contribution >= 4 is 11.6 Å². The molecule has 5 nitrogen and oxygen atoms in total. The molecule has 2 atom stereocenters. The summed E-state index contributed by atoms with van der Waals surface area (Å²) in [5.74, 6) is 1.52. The van der Waals surface area contributed by atoms with Crippen molar-refractivity contribution in [2.24, 2.45) is 5.92 Å². The monoisotopic (exact) mass is 306 g/mol. The summed E-state index contributed by atoms with van der Waals surface area (Å²) >= 11 is 0. The number of carbonyl (C=O) groups is 1. The van der Waals surface area contributed by atoms with Gasteiger partial charge in [0, 0.05) is 18.0 Å². The Morgan fingerprint density at radius 3 is 2.77 bits per heavy atom. The summed E-state index contributed by atoms with van der Waals surface area (Å²) in [6.45, 7) is 8.01. The summed E-state index contributed by atoms with van der Waals surface area (Å²) in [6.07, 6.45) is 1.73. The molecule has 1 aliphatic heterocycles. The van der Waals surface area contributed by atoms with Crippen molar-refractivity contribution in [1.82, 2.24) is 5.32 Å². The van der Waals surface area contributed by atoms with Crippen LogP contribution in [0.4, 0.5) is 5.69 Å². The van der Waals surface area contributed by atoms with Gasteiger partial charge in [-0.1, -0.05) is 0 Å². The van der Waals surface area contributed by atoms with Crippen LogP contribution in [0, 0.1) is 5.92 Å². The SMILES string of the molecule is CCOc1ccc(OCC)c(NC(=O)[C@H]2CCN[C@@H](C)C2)c1. The van der Waals surface area contributed by atoms with Crippen LogP contribution in [0.5, 0.6) is 11.5 Å². The predicted octanol–water partition coefficient (Wildman–Crippen LogP) is 2.81. The van der Waals surface area contributed by atoms with Crippen LogP contribution in [-0.4, -0.2) is 31.7 Å². The molecule has 5 heteroatoms. The van der Waals surface area contributed by atoms with Gasteiger partial charge in [0.2, 0.25) is 5.91 Å². The van der Waals surface area contributed by atoms with Crippen molar-refractivity contribution in [2.45, 2.75) is 39.7 Å². The minimum atomic E-state index is 0.0430. The molecule has 22 heavy (non-hydrogen) atoms. The molecule has 0 saturated carbocycles. The van der Waals surface area contributed by atoms with E-state index in [0.717, 1.165) is 25.1 Å². The Labute approximate surface area is 132 Å². The van der Waals surface area contributed by atoms with E-state index < -0.39 is 0 Å². The zero-order valence-corrected chi connectivity index (χ0v) is 13.6. The third-order valence-corrected chi connectivity index (χ3v) is 3.81. The van der Waals surface area contributed by atoms with Gasteiger partial charge in [0.1, 0.15) is 11.5 Å². The lowest BCUT2D eigenvalue weighted by atomic mass is 9.92. The number of nitrogens with one attached hydrogen (secondary N) is 2. The zero-order valence-electron chi connectivity index (χ0n) is 13.6. The minimum Gasteiger partial charge on any atom is -0.494 e. The molecule has 0 aromatic heterocycles. The van der Waals surface area contributed by atoms with Gasteiger partial charge in [0.05, 0.1) is 18.9 Å². The van der Waals surface area contributed by atoms with Crippen LogP contribution in [-0.2, 0) is 4.79 Å². The lowest BCUT2D eigenvalue weighted by Gasteiger charge is -2.27. The third-order valence-electron chi connectivity index (χ3n) is 3.81. The highest BCUT2D eigenvalue weighted by Crippen LogP contribution is 2.30. The topological polar surface area (TPSA) is 59.6 Å². The van der Waals surface area contributed by atoms with Crippen molar-refractivity contribution in [2.75, 3.05) is 25.1 Å². The normalized spacial score (nSPS) is 21.2. The Bertz CT molecular complexity index is 505. The van der Waals surface area contributed by atoms with E-state index in [1.54, 1.807) is 0 Å². The summed E-state index contributed by atoms with van der Waals surface area (Å²) in [5.41, 5.74) is 0.684. The van der Waals surface area contributed by atoms with Gasteiger partial charge >= 0.3 is 0 Å². The quantitative estimate of drug-likeness (QED) is 0.848. The molecular weight excluding hydrogens is 280 g/mol. The summed E-state index contributed by atoms with van der Waals surface area (Å²) in [7, 11) is 0. The first kappa shape index (κ1) is 16.6. The standard InChI is InChI=1S/C17H26N2O3/c1-4-21-14-6-7-16(22-5-2)15(11-14)19-17(20)13-8-9-18-12(3)10-13/h6-7,11-13,18H,4-5,8-10H2,1-3H3,(H,19,20)/t12-,13-/m0/s1. The molecule has 0 aliphatic carbocycles. The van der Waals surface area contributed by atoms with Crippen LogP contribution in [0.15, 0.2) is 18.2 Å². The first-order chi connectivity index (χ1) is 10.6. The minimum absolute atomic E-state index is 0.0430. The Morgan fingerprint density at radius 2 is 2.09 bits per heavy atom. The maximum absolute atomic E-state index is 12.5. The lowest BCUT2D eigenvalue weighted by molar-refractivity contribution is -0.120. The Balaban J connectivity index is 2.11. The first-order valence-corrected chi connectivity index (χ1v) is 8.07. The van der Waals surface area contributed by atoms with E-state index in [9.17, 15) is 4.79 Å². The van der Waals surface area contributed by atoms with Crippen molar-refractivity contribution in [3.8, 4) is 11.5 Å². The van der Waals surface area contributed by atoms with Crippen LogP contribution in [0.2, 0.25) is 0 Å². The largest absolute Gasteiger partial charge is 0.494 e. The molecule has 1 amide bonds. The van der Waals surface area contributed by atoms with Gasteiger partial charge in [-0.25, -0.2) is 0 Å². The lowest BCUT2D eigenvalue weighted by Crippen LogP contribution is -2.40. The van der Waals surface area contributed by atoms with E-state index in [0.29, 0.717) is 30.7 Å². The highest BCUT2D eigenvalue weighted by molar-refractivity contribution is 5.94. The average Bonchev–Trinajstić information content (AvgIpc) is 2.50. The fourth-order valence-electron chi connectivity index (χ4n) is 2.75. The van der Waals surface area contributed by atoms with Gasteiger partial charge in [-0.15, -0.1) is 0 Å². The van der Waals surface area contributed by atoms with Gasteiger partial charge in [-0.05, 0) is 52.3 Å². The fourth-order valence-corrected chi connectivity index (χ4v) is 2.75. The summed E-state index contributed by atoms with van der Waals surface area (Å²) in [5, 5.41) is 6.38. The predicted molar refractivity (Wildman–Crippen MR) is 87.6 cm³/mol. The fraction of sp³-hybridized carbons (Fsp3) is 0.588. The molecule has 1 aromatic carbocycles. The van der Waals surface area contributed by atoms with Gasteiger partial charge in [-0.3, -0.25) is 4.79 Å². The summed E-state index contributed by atoms with van der Waals surface area (Å²) in [4.78, 5) is 12.5. The molecule has 122 valence electrons. The average molecular weight is 306 g/mol. The Hall–Kier alpha value is -1.75. The number of ether oxygens (including phenoxy) is 2. The molecule has 0 bridgehead atoms. The third kappa shape index (κ3) is 4.37. The molecule has 1 aliphatic rings. The Morgan fingerprint density at radius 1 is 1.32 bits per heavy atom. The molecule has 0 unspecified atom stereocenters. The number of hydrogen-bond donors (Lipinski definition) is 2. The van der Waals surface area contributed by atoms with E-state index in [2.05, 4.69) is 17.6 Å². The second kappa shape index (κ2) is 8.03. The number of amides is 1. The molecule has 1 aromatic rings. The number of rotatable bonds is 6. The second-order valence-electron chi connectivity index (χ2n) is 5.59. The van der Waals surface area contributed by atoms with Crippen LogP contribution in [0.1, 0.15) is 33.6 Å². The second-order valence-corrected chi connectivity index (χ2v) is 5.59. The molecule has 2 N–H and O–H groups in total. The van der Waals surface area contributed by atoms with Gasteiger partial charge in [0.15, 0.2) is 0 Å². The van der Waals surface area contributed by atoms with E-state index in [1.165, 1.54) is 0 Å². The zero-order chi connectivity index (χ0) is 15.9. The van der Waals surface area contributed by atoms with Crippen LogP contribution < -0.4 is 20.1 Å². The first-order valence-electron chi connectivity index (χ1n) is 8.07. The van der Waals surface area contributed by atoms with Crippen LogP contribution in [0.3, 0.4) is 0 Å². The summed E-state index contributed by atoms with van der Waals surface area (Å²) < 4.78 is 11.1. The van der Waals surface area contributed by atoms with E-state index in [4.69, 9.17) is 9.47 Å².